The number of carbonyl (C=O) groups is 2. The summed E-state index contributed by atoms with van der Waals surface area (Å²) >= 11 is 0. The first-order chi connectivity index (χ1) is 16.9. The Labute approximate surface area is 207 Å². The van der Waals surface area contributed by atoms with E-state index < -0.39 is 11.8 Å². The molecule has 0 bridgehead atoms. The van der Waals surface area contributed by atoms with Crippen molar-refractivity contribution in [2.24, 2.45) is 0 Å². The van der Waals surface area contributed by atoms with E-state index >= 15 is 0 Å². The second-order valence-electron chi connectivity index (χ2n) is 9.46. The molecule has 0 saturated carbocycles. The zero-order valence-electron chi connectivity index (χ0n) is 20.7. The number of amides is 2. The van der Waals surface area contributed by atoms with Crippen molar-refractivity contribution in [2.45, 2.75) is 32.4 Å². The van der Waals surface area contributed by atoms with Crippen molar-refractivity contribution in [3.05, 3.63) is 65.0 Å². The number of nitrogens with zero attached hydrogens (tertiary/aromatic N) is 4. The lowest BCUT2D eigenvalue weighted by Crippen LogP contribution is -2.45. The van der Waals surface area contributed by atoms with E-state index in [1.807, 2.05) is 17.0 Å². The van der Waals surface area contributed by atoms with Crippen LogP contribution in [0.3, 0.4) is 0 Å². The maximum atomic E-state index is 14.9. The van der Waals surface area contributed by atoms with E-state index in [2.05, 4.69) is 33.7 Å². The second-order valence-corrected chi connectivity index (χ2v) is 9.46. The normalized spacial score (nSPS) is 17.3. The molecule has 2 heterocycles. The third-order valence-corrected chi connectivity index (χ3v) is 6.91. The van der Waals surface area contributed by atoms with E-state index in [1.165, 1.54) is 24.8 Å². The fourth-order valence-electron chi connectivity index (χ4n) is 4.66. The lowest BCUT2D eigenvalue weighted by Gasteiger charge is -2.34. The Morgan fingerprint density at radius 1 is 0.943 bits per heavy atom. The summed E-state index contributed by atoms with van der Waals surface area (Å²) in [5, 5.41) is 0. The molecule has 0 N–H and O–H groups in total. The van der Waals surface area contributed by atoms with Gasteiger partial charge in [-0.25, -0.2) is 14.0 Å². The SMILES string of the molecule is COC(=O)c1ccc(CN(C(=O)N2CCCCC2)c2ccc(CN3CCN(C)CC3)cc2)c(F)c1. The number of halogens is 1. The van der Waals surface area contributed by atoms with Gasteiger partial charge in [0.05, 0.1) is 19.2 Å². The summed E-state index contributed by atoms with van der Waals surface area (Å²) in [6.45, 7) is 6.59. The molecule has 2 aromatic carbocycles. The molecule has 0 spiro atoms. The van der Waals surface area contributed by atoms with Crippen LogP contribution in [0.25, 0.3) is 0 Å². The highest BCUT2D eigenvalue weighted by atomic mass is 19.1. The van der Waals surface area contributed by atoms with Crippen molar-refractivity contribution in [3.8, 4) is 0 Å². The third-order valence-electron chi connectivity index (χ3n) is 6.91. The van der Waals surface area contributed by atoms with E-state index in [4.69, 9.17) is 0 Å². The van der Waals surface area contributed by atoms with Gasteiger partial charge in [-0.05, 0) is 56.1 Å². The van der Waals surface area contributed by atoms with Gasteiger partial charge in [0.1, 0.15) is 5.82 Å². The molecule has 2 aromatic rings. The number of ether oxygens (including phenoxy) is 1. The van der Waals surface area contributed by atoms with Crippen LogP contribution in [0.4, 0.5) is 14.9 Å². The molecular formula is C27H35FN4O3. The number of hydrogen-bond donors (Lipinski definition) is 0. The highest BCUT2D eigenvalue weighted by Crippen LogP contribution is 2.24. The number of benzene rings is 2. The first kappa shape index (κ1) is 25.1. The number of likely N-dealkylation sites (N-methyl/N-ethyl adjacent to an activating group) is 1. The van der Waals surface area contributed by atoms with E-state index in [9.17, 15) is 14.0 Å². The van der Waals surface area contributed by atoms with Gasteiger partial charge >= 0.3 is 12.0 Å². The lowest BCUT2D eigenvalue weighted by atomic mass is 10.1. The van der Waals surface area contributed by atoms with Gasteiger partial charge in [-0.2, -0.15) is 0 Å². The molecule has 0 atom stereocenters. The molecule has 35 heavy (non-hydrogen) atoms. The first-order valence-electron chi connectivity index (χ1n) is 12.4. The first-order valence-corrected chi connectivity index (χ1v) is 12.4. The van der Waals surface area contributed by atoms with Crippen LogP contribution in [0.1, 0.15) is 40.7 Å². The highest BCUT2D eigenvalue weighted by molar-refractivity contribution is 5.92. The number of esters is 1. The molecule has 0 aromatic heterocycles. The Morgan fingerprint density at radius 2 is 1.63 bits per heavy atom. The van der Waals surface area contributed by atoms with Crippen molar-refractivity contribution in [3.63, 3.8) is 0 Å². The van der Waals surface area contributed by atoms with Crippen molar-refractivity contribution < 1.29 is 18.7 Å². The summed E-state index contributed by atoms with van der Waals surface area (Å²) < 4.78 is 19.6. The van der Waals surface area contributed by atoms with Crippen LogP contribution in [0.2, 0.25) is 0 Å². The minimum Gasteiger partial charge on any atom is -0.465 e. The van der Waals surface area contributed by atoms with Gasteiger partial charge in [-0.1, -0.05) is 18.2 Å². The van der Waals surface area contributed by atoms with Crippen LogP contribution in [0, 0.1) is 5.82 Å². The number of carbonyl (C=O) groups excluding carboxylic acids is 2. The quantitative estimate of drug-likeness (QED) is 0.583. The summed E-state index contributed by atoms with van der Waals surface area (Å²) in [4.78, 5) is 33.5. The van der Waals surface area contributed by atoms with Gasteiger partial charge in [0.2, 0.25) is 0 Å². The number of anilines is 1. The molecule has 2 aliphatic heterocycles. The molecule has 8 heteroatoms. The van der Waals surface area contributed by atoms with Crippen molar-refractivity contribution >= 4 is 17.7 Å². The monoisotopic (exact) mass is 482 g/mol. The molecule has 7 nitrogen and oxygen atoms in total. The van der Waals surface area contributed by atoms with E-state index in [1.54, 1.807) is 11.0 Å². The van der Waals surface area contributed by atoms with Crippen LogP contribution >= 0.6 is 0 Å². The zero-order valence-corrected chi connectivity index (χ0v) is 20.7. The van der Waals surface area contributed by atoms with Crippen molar-refractivity contribution in [1.29, 1.82) is 0 Å². The van der Waals surface area contributed by atoms with Crippen LogP contribution in [0.5, 0.6) is 0 Å². The van der Waals surface area contributed by atoms with Crippen LogP contribution in [0.15, 0.2) is 42.5 Å². The minimum atomic E-state index is -0.590. The standard InChI is InChI=1S/C27H35FN4O3/c1-29-14-16-30(17-15-29)19-21-6-10-24(11-7-21)32(27(34)31-12-4-3-5-13-31)20-23-9-8-22(18-25(23)28)26(33)35-2/h6-11,18H,3-5,12-17,19-20H2,1-2H3. The summed E-state index contributed by atoms with van der Waals surface area (Å²) in [5.74, 6) is -1.12. The number of urea groups is 1. The summed E-state index contributed by atoms with van der Waals surface area (Å²) in [6.07, 6.45) is 3.08. The van der Waals surface area contributed by atoms with Gasteiger partial charge < -0.3 is 14.5 Å². The van der Waals surface area contributed by atoms with Gasteiger partial charge in [-0.3, -0.25) is 9.80 Å². The molecule has 188 valence electrons. The third kappa shape index (κ3) is 6.38. The predicted molar refractivity (Wildman–Crippen MR) is 134 cm³/mol. The van der Waals surface area contributed by atoms with Gasteiger partial charge in [0.15, 0.2) is 0 Å². The van der Waals surface area contributed by atoms with Crippen LogP contribution in [-0.4, -0.2) is 80.1 Å². The molecule has 2 amide bonds. The Balaban J connectivity index is 1.54. The smallest absolute Gasteiger partial charge is 0.337 e. The van der Waals surface area contributed by atoms with E-state index in [-0.39, 0.29) is 18.1 Å². The van der Waals surface area contributed by atoms with Gasteiger partial charge in [0.25, 0.3) is 0 Å². The van der Waals surface area contributed by atoms with E-state index in [0.717, 1.165) is 57.7 Å². The summed E-state index contributed by atoms with van der Waals surface area (Å²) in [7, 11) is 3.41. The number of piperidine rings is 1. The summed E-state index contributed by atoms with van der Waals surface area (Å²) in [6, 6.07) is 12.2. The number of methoxy groups -OCH3 is 1. The predicted octanol–water partition coefficient (Wildman–Crippen LogP) is 3.97. The Kier molecular flexibility index (Phi) is 8.36. The number of likely N-dealkylation sites (tertiary alicyclic amines) is 1. The number of hydrogen-bond acceptors (Lipinski definition) is 5. The van der Waals surface area contributed by atoms with Crippen LogP contribution in [-0.2, 0) is 17.8 Å². The van der Waals surface area contributed by atoms with Crippen molar-refractivity contribution in [1.82, 2.24) is 14.7 Å². The molecule has 2 saturated heterocycles. The Bertz CT molecular complexity index is 1020. The maximum absolute atomic E-state index is 14.9. The average molecular weight is 483 g/mol. The largest absolute Gasteiger partial charge is 0.465 e. The zero-order chi connectivity index (χ0) is 24.8. The average Bonchev–Trinajstić information content (AvgIpc) is 2.89. The van der Waals surface area contributed by atoms with E-state index in [0.29, 0.717) is 18.7 Å². The molecule has 4 rings (SSSR count). The molecule has 0 radical (unpaired) electrons. The maximum Gasteiger partial charge on any atom is 0.337 e. The van der Waals surface area contributed by atoms with Crippen molar-refractivity contribution in [2.75, 3.05) is 58.3 Å². The van der Waals surface area contributed by atoms with Crippen LogP contribution < -0.4 is 4.90 Å². The molecule has 0 unspecified atom stereocenters. The molecule has 0 aliphatic carbocycles. The second kappa shape index (κ2) is 11.6. The Morgan fingerprint density at radius 3 is 2.26 bits per heavy atom. The summed E-state index contributed by atoms with van der Waals surface area (Å²) in [5.41, 5.74) is 2.43. The van der Waals surface area contributed by atoms with Gasteiger partial charge in [-0.15, -0.1) is 0 Å². The fourth-order valence-corrected chi connectivity index (χ4v) is 4.66. The lowest BCUT2D eigenvalue weighted by molar-refractivity contribution is 0.0600. The number of rotatable bonds is 6. The molecule has 2 aliphatic rings. The minimum absolute atomic E-state index is 0.0838. The molecule has 2 fully saturated rings. The fraction of sp³-hybridized carbons (Fsp3) is 0.481. The Hall–Kier alpha value is -2.97. The topological polar surface area (TPSA) is 56.3 Å². The number of piperazine rings is 1. The highest BCUT2D eigenvalue weighted by Gasteiger charge is 2.25. The van der Waals surface area contributed by atoms with Gasteiger partial charge in [0, 0.05) is 57.1 Å². The molecular weight excluding hydrogens is 447 g/mol.